The Balaban J connectivity index is 3.35. The highest BCUT2D eigenvalue weighted by Crippen LogP contribution is 1.83. The Labute approximate surface area is 53.9 Å². The van der Waals surface area contributed by atoms with Crippen LogP contribution in [0.5, 0.6) is 0 Å². The molecule has 0 aromatic heterocycles. The first-order chi connectivity index (χ1) is 4.31. The number of carbonyl (C=O) groups excluding carboxylic acids is 1. The summed E-state index contributed by atoms with van der Waals surface area (Å²) in [7, 11) is 1.48. The Kier molecular flexibility index (Phi) is 5.06. The number of hydrogen-bond acceptors (Lipinski definition) is 3. The van der Waals surface area contributed by atoms with E-state index in [1.807, 2.05) is 0 Å². The smallest absolute Gasteiger partial charge is 0.142 e. The normalized spacial score (nSPS) is 14.0. The molecule has 0 aliphatic carbocycles. The van der Waals surface area contributed by atoms with Crippen LogP contribution in [0.15, 0.2) is 12.2 Å². The van der Waals surface area contributed by atoms with Gasteiger partial charge in [-0.1, -0.05) is 6.08 Å². The van der Waals surface area contributed by atoms with E-state index in [1.165, 1.54) is 19.3 Å². The lowest BCUT2D eigenvalue weighted by Crippen LogP contribution is -2.09. The van der Waals surface area contributed by atoms with E-state index < -0.39 is 6.10 Å². The third kappa shape index (κ3) is 5.20. The minimum absolute atomic E-state index is 0.227. The Bertz CT molecular complexity index is 98.5. The van der Waals surface area contributed by atoms with Gasteiger partial charge in [0.15, 0.2) is 0 Å². The molecule has 0 aliphatic heterocycles. The summed E-state index contributed by atoms with van der Waals surface area (Å²) in [5, 5.41) is 8.81. The summed E-state index contributed by atoms with van der Waals surface area (Å²) < 4.78 is 4.58. The average Bonchev–Trinajstić information content (AvgIpc) is 1.85. The third-order valence-electron chi connectivity index (χ3n) is 0.749. The maximum Gasteiger partial charge on any atom is 0.142 e. The highest BCUT2D eigenvalue weighted by Gasteiger charge is 1.93. The molecule has 0 aliphatic rings. The second kappa shape index (κ2) is 5.47. The summed E-state index contributed by atoms with van der Waals surface area (Å²) in [6, 6.07) is 0. The Hall–Kier alpha value is -0.670. The molecule has 0 amide bonds. The molecule has 9 heavy (non-hydrogen) atoms. The van der Waals surface area contributed by atoms with Crippen LogP contribution in [0.25, 0.3) is 0 Å². The number of methoxy groups -OCH3 is 1. The van der Waals surface area contributed by atoms with Crippen molar-refractivity contribution in [3.63, 3.8) is 0 Å². The van der Waals surface area contributed by atoms with E-state index in [1.54, 1.807) is 0 Å². The summed E-state index contributed by atoms with van der Waals surface area (Å²) in [5.74, 6) is 0. The van der Waals surface area contributed by atoms with Gasteiger partial charge < -0.3 is 9.84 Å². The van der Waals surface area contributed by atoms with Gasteiger partial charge in [-0.3, -0.25) is 4.79 Å². The molecule has 0 saturated carbocycles. The molecule has 0 heterocycles. The van der Waals surface area contributed by atoms with Crippen LogP contribution in [0.4, 0.5) is 0 Å². The van der Waals surface area contributed by atoms with Crippen molar-refractivity contribution in [3.8, 4) is 0 Å². The Morgan fingerprint density at radius 2 is 2.44 bits per heavy atom. The van der Waals surface area contributed by atoms with Crippen molar-refractivity contribution in [3.05, 3.63) is 12.2 Å². The number of carbonyl (C=O) groups is 1. The molecule has 0 spiro atoms. The fraction of sp³-hybridized carbons (Fsp3) is 0.500. The van der Waals surface area contributed by atoms with Crippen LogP contribution in [0.3, 0.4) is 0 Å². The summed E-state index contributed by atoms with van der Waals surface area (Å²) in [4.78, 5) is 9.67. The van der Waals surface area contributed by atoms with Gasteiger partial charge in [-0.2, -0.15) is 0 Å². The van der Waals surface area contributed by atoms with E-state index in [2.05, 4.69) is 4.74 Å². The van der Waals surface area contributed by atoms with Gasteiger partial charge in [-0.05, 0) is 6.08 Å². The lowest BCUT2D eigenvalue weighted by Gasteiger charge is -2.00. The fourth-order valence-corrected chi connectivity index (χ4v) is 0.400. The van der Waals surface area contributed by atoms with Gasteiger partial charge >= 0.3 is 0 Å². The van der Waals surface area contributed by atoms with Crippen LogP contribution in [0, 0.1) is 0 Å². The maximum atomic E-state index is 9.67. The first-order valence-electron chi connectivity index (χ1n) is 2.60. The molecule has 0 rings (SSSR count). The van der Waals surface area contributed by atoms with E-state index in [9.17, 15) is 4.79 Å². The fourth-order valence-electron chi connectivity index (χ4n) is 0.400. The zero-order valence-corrected chi connectivity index (χ0v) is 5.28. The van der Waals surface area contributed by atoms with Gasteiger partial charge in [0.05, 0.1) is 12.7 Å². The van der Waals surface area contributed by atoms with E-state index >= 15 is 0 Å². The molecule has 0 saturated heterocycles. The number of aliphatic hydroxyl groups excluding tert-OH is 1. The zero-order valence-electron chi connectivity index (χ0n) is 5.28. The van der Waals surface area contributed by atoms with Crippen LogP contribution < -0.4 is 0 Å². The summed E-state index contributed by atoms with van der Waals surface area (Å²) in [6.45, 7) is 0.227. The molecule has 0 aromatic rings. The number of aliphatic hydroxyl groups is 1. The van der Waals surface area contributed by atoms with E-state index in [0.29, 0.717) is 6.29 Å². The first-order valence-corrected chi connectivity index (χ1v) is 2.60. The predicted molar refractivity (Wildman–Crippen MR) is 33.1 cm³/mol. The van der Waals surface area contributed by atoms with Crippen molar-refractivity contribution in [1.82, 2.24) is 0 Å². The number of rotatable bonds is 4. The summed E-state index contributed by atoms with van der Waals surface area (Å²) >= 11 is 0. The molecule has 1 atom stereocenters. The standard InChI is InChI=1S/C6H10O3/c1-9-5-6(8)3-2-4-7/h2-4,6,8H,5H2,1H3/b3-2+. The lowest BCUT2D eigenvalue weighted by molar-refractivity contribution is -0.104. The topological polar surface area (TPSA) is 46.5 Å². The maximum absolute atomic E-state index is 9.67. The van der Waals surface area contributed by atoms with Crippen LogP contribution in [0.1, 0.15) is 0 Å². The largest absolute Gasteiger partial charge is 0.387 e. The van der Waals surface area contributed by atoms with Gasteiger partial charge in [-0.15, -0.1) is 0 Å². The molecular weight excluding hydrogens is 120 g/mol. The van der Waals surface area contributed by atoms with Crippen molar-refractivity contribution >= 4 is 6.29 Å². The Morgan fingerprint density at radius 1 is 1.78 bits per heavy atom. The first kappa shape index (κ1) is 8.33. The van der Waals surface area contributed by atoms with Crippen molar-refractivity contribution in [2.24, 2.45) is 0 Å². The van der Waals surface area contributed by atoms with E-state index in [4.69, 9.17) is 5.11 Å². The van der Waals surface area contributed by atoms with Gasteiger partial charge in [0.2, 0.25) is 0 Å². The molecule has 52 valence electrons. The van der Waals surface area contributed by atoms with Crippen LogP contribution in [0.2, 0.25) is 0 Å². The quantitative estimate of drug-likeness (QED) is 0.421. The van der Waals surface area contributed by atoms with Gasteiger partial charge in [0.1, 0.15) is 6.29 Å². The number of hydrogen-bond donors (Lipinski definition) is 1. The molecule has 0 bridgehead atoms. The molecule has 0 fully saturated rings. The third-order valence-corrected chi connectivity index (χ3v) is 0.749. The number of allylic oxidation sites excluding steroid dienone is 1. The van der Waals surface area contributed by atoms with E-state index in [0.717, 1.165) is 0 Å². The lowest BCUT2D eigenvalue weighted by atomic mass is 10.3. The SMILES string of the molecule is COCC(O)/C=C/C=O. The minimum Gasteiger partial charge on any atom is -0.387 e. The number of aldehydes is 1. The monoisotopic (exact) mass is 130 g/mol. The molecule has 0 radical (unpaired) electrons. The number of ether oxygens (including phenoxy) is 1. The second-order valence-electron chi connectivity index (χ2n) is 1.54. The van der Waals surface area contributed by atoms with Crippen molar-refractivity contribution in [1.29, 1.82) is 0 Å². The highest BCUT2D eigenvalue weighted by molar-refractivity contribution is 5.64. The van der Waals surface area contributed by atoms with Gasteiger partial charge in [0, 0.05) is 7.11 Å². The van der Waals surface area contributed by atoms with Crippen LogP contribution in [-0.4, -0.2) is 31.2 Å². The molecular formula is C6H10O3. The average molecular weight is 130 g/mol. The van der Waals surface area contributed by atoms with Crippen LogP contribution in [-0.2, 0) is 9.53 Å². The summed E-state index contributed by atoms with van der Waals surface area (Å²) in [5.41, 5.74) is 0. The van der Waals surface area contributed by atoms with Gasteiger partial charge in [0.25, 0.3) is 0 Å². The zero-order chi connectivity index (χ0) is 7.11. The van der Waals surface area contributed by atoms with Gasteiger partial charge in [-0.25, -0.2) is 0 Å². The van der Waals surface area contributed by atoms with Crippen molar-refractivity contribution in [2.45, 2.75) is 6.10 Å². The molecule has 0 aromatic carbocycles. The molecule has 1 N–H and O–H groups in total. The molecule has 3 nitrogen and oxygen atoms in total. The summed E-state index contributed by atoms with van der Waals surface area (Å²) in [6.07, 6.45) is 2.55. The van der Waals surface area contributed by atoms with Crippen LogP contribution >= 0.6 is 0 Å². The predicted octanol–water partition coefficient (Wildman–Crippen LogP) is -0.251. The Morgan fingerprint density at radius 3 is 2.89 bits per heavy atom. The highest BCUT2D eigenvalue weighted by atomic mass is 16.5. The van der Waals surface area contributed by atoms with Crippen molar-refractivity contribution < 1.29 is 14.6 Å². The second-order valence-corrected chi connectivity index (χ2v) is 1.54. The minimum atomic E-state index is -0.666. The van der Waals surface area contributed by atoms with E-state index in [-0.39, 0.29) is 6.61 Å². The molecule has 3 heteroatoms. The van der Waals surface area contributed by atoms with Crippen molar-refractivity contribution in [2.75, 3.05) is 13.7 Å². The molecule has 1 unspecified atom stereocenters.